The number of aliphatic imine (C=N–C) groups is 1. The van der Waals surface area contributed by atoms with Crippen LogP contribution < -0.4 is 20.1 Å². The van der Waals surface area contributed by atoms with Gasteiger partial charge in [-0.05, 0) is 42.3 Å². The molecule has 3 aromatic rings. The lowest BCUT2D eigenvalue weighted by molar-refractivity contribution is 0.0936. The molecule has 2 heterocycles. The van der Waals surface area contributed by atoms with Crippen molar-refractivity contribution in [1.82, 2.24) is 15.6 Å². The molecule has 1 aromatic heterocycles. The molecule has 7 heteroatoms. The number of nitrogens with one attached hydrogen (secondary N) is 3. The second-order valence-electron chi connectivity index (χ2n) is 6.63. The molecule has 0 saturated heterocycles. The van der Waals surface area contributed by atoms with E-state index in [9.17, 15) is 4.39 Å². The van der Waals surface area contributed by atoms with E-state index in [2.05, 4.69) is 20.6 Å². The Bertz CT molecular complexity index is 985. The van der Waals surface area contributed by atoms with E-state index in [4.69, 9.17) is 9.47 Å². The Morgan fingerprint density at radius 2 is 2.07 bits per heavy atom. The number of H-pyrrole nitrogens is 1. The smallest absolute Gasteiger partial charge is 0.191 e. The van der Waals surface area contributed by atoms with Gasteiger partial charge in [-0.15, -0.1) is 0 Å². The number of hydrogen-bond donors (Lipinski definition) is 3. The normalized spacial score (nSPS) is 16.2. The summed E-state index contributed by atoms with van der Waals surface area (Å²) < 4.78 is 25.2. The summed E-state index contributed by atoms with van der Waals surface area (Å²) in [7, 11) is 1.73. The Morgan fingerprint density at radius 1 is 1.21 bits per heavy atom. The fraction of sp³-hybridized carbons (Fsp3) is 0.286. The van der Waals surface area contributed by atoms with Gasteiger partial charge in [-0.2, -0.15) is 0 Å². The van der Waals surface area contributed by atoms with Crippen molar-refractivity contribution in [2.75, 3.05) is 26.7 Å². The zero-order chi connectivity index (χ0) is 19.3. The predicted molar refractivity (Wildman–Crippen MR) is 108 cm³/mol. The van der Waals surface area contributed by atoms with Crippen molar-refractivity contribution in [3.63, 3.8) is 0 Å². The topological polar surface area (TPSA) is 70.7 Å². The number of rotatable bonds is 5. The van der Waals surface area contributed by atoms with Crippen molar-refractivity contribution < 1.29 is 13.9 Å². The molecule has 2 aromatic carbocycles. The highest BCUT2D eigenvalue weighted by atomic mass is 19.1. The maximum Gasteiger partial charge on any atom is 0.191 e. The molecule has 146 valence electrons. The lowest BCUT2D eigenvalue weighted by atomic mass is 10.1. The van der Waals surface area contributed by atoms with E-state index in [0.717, 1.165) is 34.4 Å². The van der Waals surface area contributed by atoms with Gasteiger partial charge in [0, 0.05) is 30.7 Å². The molecule has 4 rings (SSSR count). The van der Waals surface area contributed by atoms with Crippen molar-refractivity contribution in [2.45, 2.75) is 12.5 Å². The first-order valence-corrected chi connectivity index (χ1v) is 9.31. The SMILES string of the molecule is CN=C(NCCc1c[nH]c2ccc(F)cc12)NCC1COc2ccccc2O1. The summed E-state index contributed by atoms with van der Waals surface area (Å²) in [5.41, 5.74) is 2.01. The summed E-state index contributed by atoms with van der Waals surface area (Å²) >= 11 is 0. The number of nitrogens with zero attached hydrogens (tertiary/aromatic N) is 1. The van der Waals surface area contributed by atoms with E-state index in [1.54, 1.807) is 19.2 Å². The molecule has 0 amide bonds. The van der Waals surface area contributed by atoms with Gasteiger partial charge in [-0.3, -0.25) is 4.99 Å². The molecule has 28 heavy (non-hydrogen) atoms. The predicted octanol–water partition coefficient (Wildman–Crippen LogP) is 2.85. The van der Waals surface area contributed by atoms with Crippen molar-refractivity contribution >= 4 is 16.9 Å². The molecule has 0 bridgehead atoms. The number of para-hydroxylation sites is 2. The third-order valence-corrected chi connectivity index (χ3v) is 4.70. The summed E-state index contributed by atoms with van der Waals surface area (Å²) in [5.74, 6) is 2.00. The fourth-order valence-electron chi connectivity index (χ4n) is 3.27. The number of halogens is 1. The number of fused-ring (bicyclic) bond motifs is 2. The van der Waals surface area contributed by atoms with Crippen LogP contribution >= 0.6 is 0 Å². The number of guanidine groups is 1. The van der Waals surface area contributed by atoms with Crippen molar-refractivity contribution in [1.29, 1.82) is 0 Å². The van der Waals surface area contributed by atoms with Crippen LogP contribution in [0.25, 0.3) is 10.9 Å². The van der Waals surface area contributed by atoms with Crippen LogP contribution in [0, 0.1) is 5.82 Å². The maximum atomic E-state index is 13.5. The minimum atomic E-state index is -0.227. The van der Waals surface area contributed by atoms with Gasteiger partial charge >= 0.3 is 0 Å². The van der Waals surface area contributed by atoms with Gasteiger partial charge in [-0.25, -0.2) is 4.39 Å². The van der Waals surface area contributed by atoms with Crippen LogP contribution in [-0.4, -0.2) is 43.8 Å². The monoisotopic (exact) mass is 382 g/mol. The molecule has 3 N–H and O–H groups in total. The van der Waals surface area contributed by atoms with E-state index < -0.39 is 0 Å². The third-order valence-electron chi connectivity index (χ3n) is 4.70. The molecule has 1 unspecified atom stereocenters. The second kappa shape index (κ2) is 8.21. The summed E-state index contributed by atoms with van der Waals surface area (Å²) in [6, 6.07) is 12.4. The standard InChI is InChI=1S/C21H23FN4O2/c1-23-21(26-12-16-13-27-19-4-2-3-5-20(19)28-16)24-9-8-14-11-25-18-7-6-15(22)10-17(14)18/h2-7,10-11,16,25H,8-9,12-13H2,1H3,(H2,23,24,26). The largest absolute Gasteiger partial charge is 0.486 e. The number of hydrogen-bond acceptors (Lipinski definition) is 3. The Hall–Kier alpha value is -3.22. The molecule has 0 spiro atoms. The molecule has 1 atom stereocenters. The highest BCUT2D eigenvalue weighted by molar-refractivity contribution is 5.83. The zero-order valence-corrected chi connectivity index (χ0v) is 15.7. The highest BCUT2D eigenvalue weighted by Crippen LogP contribution is 2.30. The molecule has 1 aliphatic rings. The third kappa shape index (κ3) is 4.03. The molecular weight excluding hydrogens is 359 g/mol. The number of aromatic amines is 1. The molecule has 0 fully saturated rings. The van der Waals surface area contributed by atoms with Gasteiger partial charge in [0.05, 0.1) is 6.54 Å². The molecule has 0 radical (unpaired) electrons. The van der Waals surface area contributed by atoms with Gasteiger partial charge in [0.25, 0.3) is 0 Å². The number of benzene rings is 2. The van der Waals surface area contributed by atoms with Crippen LogP contribution in [-0.2, 0) is 6.42 Å². The first-order valence-electron chi connectivity index (χ1n) is 9.31. The van der Waals surface area contributed by atoms with Crippen LogP contribution in [0.3, 0.4) is 0 Å². The summed E-state index contributed by atoms with van der Waals surface area (Å²) in [6.07, 6.45) is 2.58. The van der Waals surface area contributed by atoms with E-state index in [1.807, 2.05) is 30.5 Å². The van der Waals surface area contributed by atoms with Crippen LogP contribution in [0.15, 0.2) is 53.7 Å². The zero-order valence-electron chi connectivity index (χ0n) is 15.7. The average molecular weight is 382 g/mol. The lowest BCUT2D eigenvalue weighted by Crippen LogP contribution is -2.45. The van der Waals surface area contributed by atoms with Crippen LogP contribution in [0.2, 0.25) is 0 Å². The van der Waals surface area contributed by atoms with E-state index in [0.29, 0.717) is 25.7 Å². The molecule has 0 saturated carbocycles. The lowest BCUT2D eigenvalue weighted by Gasteiger charge is -2.27. The van der Waals surface area contributed by atoms with Crippen molar-refractivity contribution in [3.05, 3.63) is 60.0 Å². The summed E-state index contributed by atoms with van der Waals surface area (Å²) in [4.78, 5) is 7.42. The van der Waals surface area contributed by atoms with Crippen LogP contribution in [0.5, 0.6) is 11.5 Å². The minimum absolute atomic E-state index is 0.0926. The van der Waals surface area contributed by atoms with Gasteiger partial charge in [-0.1, -0.05) is 12.1 Å². The molecule has 6 nitrogen and oxygen atoms in total. The Balaban J connectivity index is 1.27. The number of ether oxygens (including phenoxy) is 2. The maximum absolute atomic E-state index is 13.5. The fourth-order valence-corrected chi connectivity index (χ4v) is 3.27. The molecule has 0 aliphatic carbocycles. The second-order valence-corrected chi connectivity index (χ2v) is 6.63. The Morgan fingerprint density at radius 3 is 2.93 bits per heavy atom. The first-order chi connectivity index (χ1) is 13.7. The average Bonchev–Trinajstić information content (AvgIpc) is 3.12. The van der Waals surface area contributed by atoms with Gasteiger partial charge in [0.1, 0.15) is 18.5 Å². The number of aromatic nitrogens is 1. The summed E-state index contributed by atoms with van der Waals surface area (Å²) in [5, 5.41) is 7.46. The molecule has 1 aliphatic heterocycles. The van der Waals surface area contributed by atoms with Crippen LogP contribution in [0.4, 0.5) is 4.39 Å². The Labute approximate surface area is 162 Å². The Kier molecular flexibility index (Phi) is 5.32. The van der Waals surface area contributed by atoms with Gasteiger partial charge in [0.15, 0.2) is 17.5 Å². The highest BCUT2D eigenvalue weighted by Gasteiger charge is 2.20. The van der Waals surface area contributed by atoms with Gasteiger partial charge < -0.3 is 25.1 Å². The van der Waals surface area contributed by atoms with E-state index in [1.165, 1.54) is 6.07 Å². The van der Waals surface area contributed by atoms with Crippen molar-refractivity contribution in [3.8, 4) is 11.5 Å². The van der Waals surface area contributed by atoms with Crippen molar-refractivity contribution in [2.24, 2.45) is 4.99 Å². The van der Waals surface area contributed by atoms with Gasteiger partial charge in [0.2, 0.25) is 0 Å². The quantitative estimate of drug-likeness (QED) is 0.469. The summed E-state index contributed by atoms with van der Waals surface area (Å²) in [6.45, 7) is 1.74. The van der Waals surface area contributed by atoms with Crippen LogP contribution in [0.1, 0.15) is 5.56 Å². The minimum Gasteiger partial charge on any atom is -0.486 e. The molecular formula is C21H23FN4O2. The van der Waals surface area contributed by atoms with E-state index in [-0.39, 0.29) is 11.9 Å². The first kappa shape index (κ1) is 18.2. The van der Waals surface area contributed by atoms with E-state index >= 15 is 0 Å².